The van der Waals surface area contributed by atoms with Gasteiger partial charge in [0, 0.05) is 20.0 Å². The Balaban J connectivity index is 1.29. The van der Waals surface area contributed by atoms with E-state index >= 15 is 0 Å². The van der Waals surface area contributed by atoms with Crippen molar-refractivity contribution in [2.75, 3.05) is 24.1 Å². The minimum atomic E-state index is -4.91. The van der Waals surface area contributed by atoms with Gasteiger partial charge in [-0.15, -0.1) is 0 Å². The number of allylic oxidation sites excluding steroid dienone is 2. The Kier molecular flexibility index (Phi) is 8.87. The third-order valence-corrected chi connectivity index (χ3v) is 11.0. The minimum absolute atomic E-state index is 0.0981. The molecular weight excluding hydrogens is 776 g/mol. The third kappa shape index (κ3) is 5.80. The molecule has 2 saturated heterocycles. The average Bonchev–Trinajstić information content (AvgIpc) is 3.50. The van der Waals surface area contributed by atoms with Crippen LogP contribution in [0.1, 0.15) is 35.7 Å². The highest BCUT2D eigenvalue weighted by Gasteiger charge is 2.63. The molecule has 54 heavy (non-hydrogen) atoms. The lowest BCUT2D eigenvalue weighted by molar-refractivity contribution is -0.143. The number of fused-ring (bicyclic) bond motifs is 4. The van der Waals surface area contributed by atoms with E-state index in [9.17, 15) is 55.0 Å². The SMILES string of the molecule is CN(c1nc(C(F)(F)F)ccc1Cl)N1C(=O)C2CC=C3C(CC4C(=O)N(N(C)c5nc(C(F)(F)F)ccc5Cl)C(=O)C4C3c3ccc(O)c(F)c3)C2C1=O. The predicted molar refractivity (Wildman–Crippen MR) is 175 cm³/mol. The summed E-state index contributed by atoms with van der Waals surface area (Å²) in [7, 11) is 2.24. The van der Waals surface area contributed by atoms with Crippen LogP contribution in [-0.2, 0) is 31.5 Å². The molecular formula is C34H25Cl2F7N6O5. The number of amides is 4. The van der Waals surface area contributed by atoms with Crippen LogP contribution in [0.5, 0.6) is 5.75 Å². The Hall–Kier alpha value is -4.97. The molecule has 6 unspecified atom stereocenters. The van der Waals surface area contributed by atoms with Crippen molar-refractivity contribution >= 4 is 58.5 Å². The molecule has 1 saturated carbocycles. The summed E-state index contributed by atoms with van der Waals surface area (Å²) in [6, 6.07) is 6.35. The molecule has 284 valence electrons. The van der Waals surface area contributed by atoms with E-state index in [1.807, 2.05) is 0 Å². The van der Waals surface area contributed by atoms with Gasteiger partial charge < -0.3 is 5.11 Å². The molecule has 0 radical (unpaired) electrons. The first-order valence-corrected chi connectivity index (χ1v) is 16.9. The van der Waals surface area contributed by atoms with Gasteiger partial charge in [-0.05, 0) is 60.7 Å². The summed E-state index contributed by atoms with van der Waals surface area (Å²) in [5.41, 5.74) is -2.20. The second-order valence-corrected chi connectivity index (χ2v) is 14.1. The Morgan fingerprint density at radius 3 is 1.72 bits per heavy atom. The average molecular weight is 802 g/mol. The van der Waals surface area contributed by atoms with E-state index in [2.05, 4.69) is 9.97 Å². The molecule has 3 fully saturated rings. The van der Waals surface area contributed by atoms with Gasteiger partial charge in [-0.25, -0.2) is 14.4 Å². The van der Waals surface area contributed by atoms with Crippen LogP contribution >= 0.6 is 23.2 Å². The molecule has 20 heteroatoms. The molecule has 4 heterocycles. The number of carbonyl (C=O) groups is 4. The Bertz CT molecular complexity index is 2170. The van der Waals surface area contributed by atoms with E-state index < -0.39 is 106 Å². The van der Waals surface area contributed by atoms with Gasteiger partial charge in [0.05, 0.1) is 33.7 Å². The van der Waals surface area contributed by atoms with Crippen LogP contribution in [0.3, 0.4) is 0 Å². The van der Waals surface area contributed by atoms with Crippen LogP contribution in [0.4, 0.5) is 42.4 Å². The maximum absolute atomic E-state index is 14.9. The predicted octanol–water partition coefficient (Wildman–Crippen LogP) is 6.40. The topological polar surface area (TPSA) is 127 Å². The van der Waals surface area contributed by atoms with Crippen molar-refractivity contribution in [1.29, 1.82) is 0 Å². The van der Waals surface area contributed by atoms with Crippen molar-refractivity contribution in [3.05, 3.63) is 86.9 Å². The second kappa shape index (κ2) is 12.8. The Labute approximate surface area is 310 Å². The van der Waals surface area contributed by atoms with Crippen molar-refractivity contribution in [2.45, 2.75) is 31.1 Å². The molecule has 3 aromatic rings. The second-order valence-electron chi connectivity index (χ2n) is 13.3. The van der Waals surface area contributed by atoms with Crippen molar-refractivity contribution in [1.82, 2.24) is 20.0 Å². The number of aromatic nitrogens is 2. The zero-order chi connectivity index (χ0) is 39.3. The van der Waals surface area contributed by atoms with E-state index in [0.717, 1.165) is 48.4 Å². The number of hydrazine groups is 2. The number of rotatable bonds is 5. The zero-order valence-corrected chi connectivity index (χ0v) is 29.2. The van der Waals surface area contributed by atoms with Crippen LogP contribution in [-0.4, -0.2) is 62.8 Å². The number of aromatic hydroxyl groups is 1. The highest BCUT2D eigenvalue weighted by Crippen LogP contribution is 2.58. The van der Waals surface area contributed by atoms with Gasteiger partial charge in [0.25, 0.3) is 23.6 Å². The minimum Gasteiger partial charge on any atom is -0.505 e. The fraction of sp³-hybridized carbons (Fsp3) is 0.353. The number of carbonyl (C=O) groups excluding carboxylic acids is 4. The molecule has 0 spiro atoms. The third-order valence-electron chi connectivity index (χ3n) is 10.4. The van der Waals surface area contributed by atoms with Gasteiger partial charge in [0.15, 0.2) is 23.2 Å². The summed E-state index contributed by atoms with van der Waals surface area (Å²) in [5, 5.41) is 12.1. The molecule has 1 N–H and O–H groups in total. The maximum atomic E-state index is 14.9. The normalized spacial score (nSPS) is 25.4. The number of nitrogens with zero attached hydrogens (tertiary/aromatic N) is 6. The standard InChI is InChI=1S/C34H25Cl2F7N6O5/c1-46(27-18(35)6-9-22(44-27)33(38,39)40)48-29(51)15-5-4-14-16(25(15)31(48)53)12-17-26(24(14)13-3-8-21(50)20(37)11-13)32(54)49(30(17)52)47(2)28-19(36)7-10-23(45-28)34(41,42)43/h3-4,6-11,15-17,24-26,50H,5,12H2,1-2H3. The highest BCUT2D eigenvalue weighted by atomic mass is 35.5. The van der Waals surface area contributed by atoms with Crippen molar-refractivity contribution < 1.29 is 55.0 Å². The van der Waals surface area contributed by atoms with E-state index in [4.69, 9.17) is 23.2 Å². The number of halogens is 9. The van der Waals surface area contributed by atoms with Crippen LogP contribution < -0.4 is 10.0 Å². The molecule has 4 aliphatic rings. The quantitative estimate of drug-likeness (QED) is 0.177. The summed E-state index contributed by atoms with van der Waals surface area (Å²) in [4.78, 5) is 63.8. The number of phenolic OH excluding ortho intramolecular Hbond substituents is 1. The Morgan fingerprint density at radius 2 is 1.22 bits per heavy atom. The first-order chi connectivity index (χ1) is 25.2. The summed E-state index contributed by atoms with van der Waals surface area (Å²) in [5.74, 6) is -13.4. The van der Waals surface area contributed by atoms with E-state index in [1.165, 1.54) is 6.07 Å². The number of hydrogen-bond donors (Lipinski definition) is 1. The molecule has 6 atom stereocenters. The number of benzene rings is 1. The highest BCUT2D eigenvalue weighted by molar-refractivity contribution is 6.33. The van der Waals surface area contributed by atoms with Gasteiger partial charge in [-0.2, -0.15) is 36.4 Å². The van der Waals surface area contributed by atoms with E-state index in [-0.39, 0.29) is 28.5 Å². The molecule has 2 aromatic heterocycles. The van der Waals surface area contributed by atoms with Crippen molar-refractivity contribution in [3.63, 3.8) is 0 Å². The molecule has 11 nitrogen and oxygen atoms in total. The van der Waals surface area contributed by atoms with E-state index in [1.54, 1.807) is 6.08 Å². The fourth-order valence-corrected chi connectivity index (χ4v) is 8.52. The summed E-state index contributed by atoms with van der Waals surface area (Å²) < 4.78 is 96.3. The lowest BCUT2D eigenvalue weighted by Crippen LogP contribution is -2.46. The number of pyridine rings is 2. The number of alkyl halides is 6. The number of phenols is 1. The van der Waals surface area contributed by atoms with Crippen LogP contribution in [0.15, 0.2) is 54.1 Å². The summed E-state index contributed by atoms with van der Waals surface area (Å²) in [6.45, 7) is 0. The van der Waals surface area contributed by atoms with Crippen LogP contribution in [0, 0.1) is 35.4 Å². The number of anilines is 2. The molecule has 1 aromatic carbocycles. The first kappa shape index (κ1) is 37.3. The van der Waals surface area contributed by atoms with E-state index in [0.29, 0.717) is 27.7 Å². The first-order valence-electron chi connectivity index (χ1n) is 16.1. The fourth-order valence-electron chi connectivity index (χ4n) is 8.06. The maximum Gasteiger partial charge on any atom is 0.433 e. The largest absolute Gasteiger partial charge is 0.505 e. The number of hydrogen-bond acceptors (Lipinski definition) is 9. The van der Waals surface area contributed by atoms with Gasteiger partial charge >= 0.3 is 12.4 Å². The molecule has 0 bridgehead atoms. The number of imide groups is 2. The van der Waals surface area contributed by atoms with Crippen molar-refractivity contribution in [3.8, 4) is 5.75 Å². The van der Waals surface area contributed by atoms with Gasteiger partial charge in [-0.1, -0.05) is 40.9 Å². The Morgan fingerprint density at radius 1 is 0.722 bits per heavy atom. The van der Waals surface area contributed by atoms with Crippen molar-refractivity contribution in [2.24, 2.45) is 29.6 Å². The van der Waals surface area contributed by atoms with Gasteiger partial charge in [0.2, 0.25) is 0 Å². The van der Waals surface area contributed by atoms with Crippen LogP contribution in [0.25, 0.3) is 0 Å². The smallest absolute Gasteiger partial charge is 0.433 e. The summed E-state index contributed by atoms with van der Waals surface area (Å²) >= 11 is 12.4. The monoisotopic (exact) mass is 800 g/mol. The van der Waals surface area contributed by atoms with Gasteiger partial charge in [-0.3, -0.25) is 29.2 Å². The summed E-state index contributed by atoms with van der Waals surface area (Å²) in [6.07, 6.45) is -8.53. The molecule has 7 rings (SSSR count). The van der Waals surface area contributed by atoms with Crippen LogP contribution in [0.2, 0.25) is 10.0 Å². The molecule has 2 aliphatic carbocycles. The molecule has 4 amide bonds. The zero-order valence-electron chi connectivity index (χ0n) is 27.7. The lowest BCUT2D eigenvalue weighted by Gasteiger charge is -2.43. The molecule has 2 aliphatic heterocycles. The lowest BCUT2D eigenvalue weighted by atomic mass is 9.57. The van der Waals surface area contributed by atoms with Gasteiger partial charge in [0.1, 0.15) is 11.4 Å².